The Morgan fingerprint density at radius 3 is 0.800 bits per heavy atom. The van der Waals surface area contributed by atoms with Crippen molar-refractivity contribution in [3.8, 4) is 0 Å². The second-order valence-corrected chi connectivity index (χ2v) is 1.24. The summed E-state index contributed by atoms with van der Waals surface area (Å²) in [6, 6.07) is 0.333. The summed E-state index contributed by atoms with van der Waals surface area (Å²) in [5.41, 5.74) is 5.11. The molecule has 1 atom stereocenters. The highest BCUT2D eigenvalue weighted by molar-refractivity contribution is 6.92. The van der Waals surface area contributed by atoms with Crippen molar-refractivity contribution in [3.05, 3.63) is 0 Å². The van der Waals surface area contributed by atoms with Gasteiger partial charge < -0.3 is 5.73 Å². The number of halogens is 5. The summed E-state index contributed by atoms with van der Waals surface area (Å²) in [6.07, 6.45) is 0. The lowest BCUT2D eigenvalue weighted by atomic mass is 10.5. The minimum Gasteiger partial charge on any atom is -0.328 e. The Hall–Kier alpha value is 0.0400. The second kappa shape index (κ2) is 63.2. The summed E-state index contributed by atoms with van der Waals surface area (Å²) >= 11 is 0. The highest BCUT2D eigenvalue weighted by atomic mass is 31.0. The molecule has 1 unspecified atom stereocenters. The van der Waals surface area contributed by atoms with E-state index in [4.69, 9.17) is 5.73 Å². The molecule has 7 heteroatoms. The maximum absolute atomic E-state index is 5.11. The average molecular weight is 193 g/mol. The van der Waals surface area contributed by atoms with E-state index in [1.54, 1.807) is 0 Å². The molecule has 0 radical (unpaired) electrons. The van der Waals surface area contributed by atoms with Crippen LogP contribution in [0, 0.1) is 0 Å². The van der Waals surface area contributed by atoms with Crippen molar-refractivity contribution in [3.63, 3.8) is 0 Å². The SMILES string of the molecule is CC(C)N.F.F.F.F.F.P. The molecule has 0 aromatic heterocycles. The second-order valence-electron chi connectivity index (χ2n) is 1.24. The molecule has 2 N–H and O–H groups in total. The Kier molecular flexibility index (Phi) is 561. The third kappa shape index (κ3) is 249000. The molecule has 1 nitrogen and oxygen atoms in total. The zero-order chi connectivity index (χ0) is 3.58. The van der Waals surface area contributed by atoms with E-state index in [9.17, 15) is 0 Å². The highest BCUT2D eigenvalue weighted by Crippen LogP contribution is 1.58. The molecule has 0 heterocycles. The van der Waals surface area contributed by atoms with Gasteiger partial charge in [-0.05, 0) is 6.04 Å². The van der Waals surface area contributed by atoms with E-state index < -0.39 is 0 Å². The van der Waals surface area contributed by atoms with Gasteiger partial charge in [0.05, 0.1) is 0 Å². The van der Waals surface area contributed by atoms with Crippen molar-refractivity contribution in [2.24, 2.45) is 5.73 Å². The van der Waals surface area contributed by atoms with Gasteiger partial charge >= 0.3 is 0 Å². The lowest BCUT2D eigenvalue weighted by Crippen LogP contribution is -2.06. The summed E-state index contributed by atoms with van der Waals surface area (Å²) < 4.78 is 0. The van der Waals surface area contributed by atoms with Crippen LogP contribution in [0.2, 0.25) is 0 Å². The van der Waals surface area contributed by atoms with E-state index in [0.29, 0.717) is 6.04 Å². The summed E-state index contributed by atoms with van der Waals surface area (Å²) in [6.45, 7) is 3.89. The molecule has 0 saturated heterocycles. The van der Waals surface area contributed by atoms with Gasteiger partial charge in [-0.1, -0.05) is 13.8 Å². The van der Waals surface area contributed by atoms with Crippen LogP contribution in [-0.4, -0.2) is 6.04 Å². The summed E-state index contributed by atoms with van der Waals surface area (Å²) in [4.78, 5) is 0. The van der Waals surface area contributed by atoms with Crippen molar-refractivity contribution >= 4 is 9.90 Å². The Morgan fingerprint density at radius 1 is 0.800 bits per heavy atom. The minimum absolute atomic E-state index is 0. The predicted molar refractivity (Wildman–Crippen MR) is 42.9 cm³/mol. The monoisotopic (exact) mass is 193 g/mol. The van der Waals surface area contributed by atoms with Gasteiger partial charge in [-0.15, -0.1) is 0 Å². The van der Waals surface area contributed by atoms with Crippen LogP contribution in [0.25, 0.3) is 0 Å². The fourth-order valence-corrected chi connectivity index (χ4v) is 0. The summed E-state index contributed by atoms with van der Waals surface area (Å²) in [5.74, 6) is 0. The first-order valence-electron chi connectivity index (χ1n) is 1.49. The first kappa shape index (κ1) is 88.8. The van der Waals surface area contributed by atoms with Gasteiger partial charge in [-0.25, -0.2) is 0 Å². The van der Waals surface area contributed by atoms with Crippen LogP contribution in [0.1, 0.15) is 13.8 Å². The van der Waals surface area contributed by atoms with Crippen LogP contribution in [0.15, 0.2) is 0 Å². The number of hydrogen-bond acceptors (Lipinski definition) is 1. The average Bonchev–Trinajstić information content (AvgIpc) is 0.811. The van der Waals surface area contributed by atoms with E-state index >= 15 is 0 Å². The van der Waals surface area contributed by atoms with Gasteiger partial charge in [0, 0.05) is 0 Å². The summed E-state index contributed by atoms with van der Waals surface area (Å²) in [5, 5.41) is 0. The first-order valence-corrected chi connectivity index (χ1v) is 1.49. The quantitative estimate of drug-likeness (QED) is 0.453. The summed E-state index contributed by atoms with van der Waals surface area (Å²) in [7, 11) is 0. The molecule has 74 valence electrons. The molecule has 0 aliphatic rings. The molecule has 0 spiro atoms. The Balaban J connectivity index is -0.00000000300. The lowest BCUT2D eigenvalue weighted by Gasteiger charge is -1.81. The minimum atomic E-state index is 0. The fraction of sp³-hybridized carbons (Fsp3) is 1.00. The van der Waals surface area contributed by atoms with E-state index in [1.165, 1.54) is 0 Å². The molecule has 0 aliphatic heterocycles. The van der Waals surface area contributed by atoms with Crippen molar-refractivity contribution in [2.75, 3.05) is 0 Å². The number of hydrogen-bond donors (Lipinski definition) is 1. The van der Waals surface area contributed by atoms with Gasteiger partial charge in [-0.2, -0.15) is 9.90 Å². The Bertz CT molecular complexity index is 21.6. The topological polar surface area (TPSA) is 26.0 Å². The van der Waals surface area contributed by atoms with Crippen molar-refractivity contribution in [1.29, 1.82) is 0 Å². The van der Waals surface area contributed by atoms with Gasteiger partial charge in [0.15, 0.2) is 0 Å². The van der Waals surface area contributed by atoms with Crippen LogP contribution in [0.5, 0.6) is 0 Å². The van der Waals surface area contributed by atoms with Crippen molar-refractivity contribution in [2.45, 2.75) is 19.9 Å². The van der Waals surface area contributed by atoms with Crippen LogP contribution in [0.4, 0.5) is 23.5 Å². The molecule has 0 aliphatic carbocycles. The molecule has 0 bridgehead atoms. The van der Waals surface area contributed by atoms with E-state index in [1.807, 2.05) is 13.8 Å². The fourth-order valence-electron chi connectivity index (χ4n) is 0. The van der Waals surface area contributed by atoms with Gasteiger partial charge in [-0.3, -0.25) is 23.5 Å². The molecule has 10 heavy (non-hydrogen) atoms. The zero-order valence-electron chi connectivity index (χ0n) is 5.90. The molecule has 0 saturated carbocycles. The van der Waals surface area contributed by atoms with Crippen LogP contribution >= 0.6 is 9.90 Å². The third-order valence-corrected chi connectivity index (χ3v) is 0. The third-order valence-electron chi connectivity index (χ3n) is 0. The van der Waals surface area contributed by atoms with E-state index in [2.05, 4.69) is 0 Å². The molecule has 0 fully saturated rings. The predicted octanol–water partition coefficient (Wildman–Crippen LogP) is 1.17. The standard InChI is InChI=1S/C3H9N.5FH.H3P/c1-3(2)4;;;;;;/h3H,4H2,1-2H3;5*1H;1H3. The van der Waals surface area contributed by atoms with Gasteiger partial charge in [0.25, 0.3) is 0 Å². The molecule has 0 aromatic rings. The molecule has 0 aromatic carbocycles. The van der Waals surface area contributed by atoms with E-state index in [0.717, 1.165) is 0 Å². The first-order chi connectivity index (χ1) is 1.73. The smallest absolute Gasteiger partial charge is 0.00179 e. The van der Waals surface area contributed by atoms with Gasteiger partial charge in [0.1, 0.15) is 0 Å². The largest absolute Gasteiger partial charge is 0.328 e. The number of rotatable bonds is 0. The molecular formula is C3H17F5NP. The Labute approximate surface area is 60.2 Å². The van der Waals surface area contributed by atoms with Crippen molar-refractivity contribution in [1.82, 2.24) is 0 Å². The maximum Gasteiger partial charge on any atom is -0.00179 e. The van der Waals surface area contributed by atoms with E-state index in [-0.39, 0.29) is 33.4 Å². The van der Waals surface area contributed by atoms with Crippen molar-refractivity contribution < 1.29 is 23.5 Å². The van der Waals surface area contributed by atoms with Crippen LogP contribution < -0.4 is 5.73 Å². The Morgan fingerprint density at radius 2 is 0.800 bits per heavy atom. The van der Waals surface area contributed by atoms with Crippen LogP contribution in [-0.2, 0) is 0 Å². The molecular weight excluding hydrogens is 176 g/mol. The van der Waals surface area contributed by atoms with Crippen LogP contribution in [0.3, 0.4) is 0 Å². The lowest BCUT2D eigenvalue weighted by molar-refractivity contribution is 0.834. The highest BCUT2D eigenvalue weighted by Gasteiger charge is 1.67. The zero-order valence-corrected chi connectivity index (χ0v) is 7.32. The number of nitrogens with two attached hydrogens (primary N) is 1. The normalized spacial score (nSPS) is 3.60. The molecule has 0 amide bonds. The maximum atomic E-state index is 5.11. The van der Waals surface area contributed by atoms with Gasteiger partial charge in [0.2, 0.25) is 0 Å². The molecule has 0 rings (SSSR count).